The van der Waals surface area contributed by atoms with Crippen molar-refractivity contribution in [1.29, 1.82) is 5.26 Å². The van der Waals surface area contributed by atoms with Gasteiger partial charge in [-0.1, -0.05) is 23.7 Å². The number of hydrogen-bond acceptors (Lipinski definition) is 4. The average molecular weight is 340 g/mol. The van der Waals surface area contributed by atoms with Gasteiger partial charge in [0.05, 0.1) is 28.2 Å². The van der Waals surface area contributed by atoms with E-state index >= 15 is 0 Å². The fourth-order valence-corrected chi connectivity index (χ4v) is 2.56. The number of phenols is 1. The smallest absolute Gasteiger partial charge is 0.176 e. The van der Waals surface area contributed by atoms with E-state index in [-0.39, 0.29) is 16.5 Å². The SMILES string of the molecule is CCOc1cc(C=C(C#N)c2nc3ccccc3[nH]2)cc(Cl)c1O. The fourth-order valence-electron chi connectivity index (χ4n) is 2.34. The van der Waals surface area contributed by atoms with E-state index in [0.717, 1.165) is 11.0 Å². The number of fused-ring (bicyclic) bond motifs is 1. The van der Waals surface area contributed by atoms with Crippen LogP contribution in [0.3, 0.4) is 0 Å². The number of aromatic hydroxyl groups is 1. The minimum atomic E-state index is -0.113. The monoisotopic (exact) mass is 339 g/mol. The number of phenolic OH excluding ortho intramolecular Hbond substituents is 1. The van der Waals surface area contributed by atoms with Gasteiger partial charge in [-0.3, -0.25) is 0 Å². The molecule has 0 spiro atoms. The summed E-state index contributed by atoms with van der Waals surface area (Å²) in [5.74, 6) is 0.636. The normalized spacial score (nSPS) is 11.5. The number of para-hydroxylation sites is 2. The molecule has 0 unspecified atom stereocenters. The predicted octanol–water partition coefficient (Wildman–Crippen LogP) is 4.38. The molecule has 3 aromatic rings. The molecular weight excluding hydrogens is 326 g/mol. The number of hydrogen-bond donors (Lipinski definition) is 2. The Bertz CT molecular complexity index is 937. The molecule has 0 aliphatic carbocycles. The van der Waals surface area contributed by atoms with Crippen LogP contribution in [-0.2, 0) is 0 Å². The number of nitriles is 1. The Morgan fingerprint density at radius 2 is 2.21 bits per heavy atom. The van der Waals surface area contributed by atoms with Crippen LogP contribution in [-0.4, -0.2) is 21.7 Å². The van der Waals surface area contributed by atoms with Crippen LogP contribution in [0, 0.1) is 11.3 Å². The number of H-pyrrole nitrogens is 1. The third-order valence-corrected chi connectivity index (χ3v) is 3.71. The molecule has 0 amide bonds. The van der Waals surface area contributed by atoms with Crippen LogP contribution in [0.5, 0.6) is 11.5 Å². The van der Waals surface area contributed by atoms with Gasteiger partial charge in [0.15, 0.2) is 11.5 Å². The van der Waals surface area contributed by atoms with Crippen molar-refractivity contribution in [2.75, 3.05) is 6.61 Å². The van der Waals surface area contributed by atoms with Gasteiger partial charge in [-0.25, -0.2) is 4.98 Å². The quantitative estimate of drug-likeness (QED) is 0.691. The van der Waals surface area contributed by atoms with Crippen LogP contribution in [0.4, 0.5) is 0 Å². The van der Waals surface area contributed by atoms with Crippen molar-refractivity contribution in [2.45, 2.75) is 6.92 Å². The first-order valence-electron chi connectivity index (χ1n) is 7.34. The van der Waals surface area contributed by atoms with Gasteiger partial charge in [0.1, 0.15) is 11.9 Å². The van der Waals surface area contributed by atoms with Gasteiger partial charge in [-0.05, 0) is 42.8 Å². The standard InChI is InChI=1S/C18H14ClN3O2/c1-2-24-16-9-11(8-13(19)17(16)23)7-12(10-20)18-21-14-5-3-4-6-15(14)22-18/h3-9,23H,2H2,1H3,(H,21,22). The van der Waals surface area contributed by atoms with E-state index in [9.17, 15) is 10.4 Å². The van der Waals surface area contributed by atoms with E-state index in [2.05, 4.69) is 16.0 Å². The molecule has 0 bridgehead atoms. The third kappa shape index (κ3) is 3.05. The molecule has 6 heteroatoms. The highest BCUT2D eigenvalue weighted by molar-refractivity contribution is 6.32. The maximum Gasteiger partial charge on any atom is 0.176 e. The molecule has 2 N–H and O–H groups in total. The molecule has 24 heavy (non-hydrogen) atoms. The van der Waals surface area contributed by atoms with Gasteiger partial charge in [0.25, 0.3) is 0 Å². The van der Waals surface area contributed by atoms with Gasteiger partial charge in [-0.15, -0.1) is 0 Å². The number of ether oxygens (including phenoxy) is 1. The molecule has 5 nitrogen and oxygen atoms in total. The Hall–Kier alpha value is -2.97. The zero-order valence-corrected chi connectivity index (χ0v) is 13.6. The highest BCUT2D eigenvalue weighted by Gasteiger charge is 2.11. The third-order valence-electron chi connectivity index (χ3n) is 3.43. The number of nitrogens with zero attached hydrogens (tertiary/aromatic N) is 2. The summed E-state index contributed by atoms with van der Waals surface area (Å²) in [6.07, 6.45) is 1.64. The maximum absolute atomic E-state index is 9.90. The van der Waals surface area contributed by atoms with Crippen LogP contribution in [0.25, 0.3) is 22.7 Å². The largest absolute Gasteiger partial charge is 0.503 e. The number of halogens is 1. The minimum Gasteiger partial charge on any atom is -0.503 e. The number of aromatic nitrogens is 2. The topological polar surface area (TPSA) is 81.9 Å². The summed E-state index contributed by atoms with van der Waals surface area (Å²) < 4.78 is 5.36. The van der Waals surface area contributed by atoms with E-state index in [1.807, 2.05) is 31.2 Å². The van der Waals surface area contributed by atoms with Gasteiger partial charge in [-0.2, -0.15) is 5.26 Å². The molecule has 0 saturated carbocycles. The van der Waals surface area contributed by atoms with Crippen molar-refractivity contribution in [3.8, 4) is 17.6 Å². The number of rotatable bonds is 4. The second-order valence-electron chi connectivity index (χ2n) is 5.05. The van der Waals surface area contributed by atoms with Crippen molar-refractivity contribution in [3.63, 3.8) is 0 Å². The first-order chi connectivity index (χ1) is 11.6. The number of allylic oxidation sites excluding steroid dienone is 1. The maximum atomic E-state index is 9.90. The van der Waals surface area contributed by atoms with E-state index in [1.165, 1.54) is 0 Å². The summed E-state index contributed by atoms with van der Waals surface area (Å²) in [7, 11) is 0. The lowest BCUT2D eigenvalue weighted by atomic mass is 10.1. The first-order valence-corrected chi connectivity index (χ1v) is 7.72. The molecule has 0 fully saturated rings. The van der Waals surface area contributed by atoms with E-state index in [1.54, 1.807) is 18.2 Å². The lowest BCUT2D eigenvalue weighted by Crippen LogP contribution is -1.93. The number of benzene rings is 2. The molecule has 0 atom stereocenters. The molecule has 120 valence electrons. The number of aromatic amines is 1. The Morgan fingerprint density at radius 3 is 2.92 bits per heavy atom. The second-order valence-corrected chi connectivity index (χ2v) is 5.46. The lowest BCUT2D eigenvalue weighted by molar-refractivity contribution is 0.318. The highest BCUT2D eigenvalue weighted by Crippen LogP contribution is 2.36. The summed E-state index contributed by atoms with van der Waals surface area (Å²) in [5, 5.41) is 19.5. The number of imidazole rings is 1. The zero-order valence-electron chi connectivity index (χ0n) is 12.9. The van der Waals surface area contributed by atoms with Crippen molar-refractivity contribution in [3.05, 3.63) is 52.8 Å². The summed E-state index contributed by atoms with van der Waals surface area (Å²) in [6, 6.07) is 12.9. The first kappa shape index (κ1) is 15.9. The van der Waals surface area contributed by atoms with Gasteiger partial charge >= 0.3 is 0 Å². The molecular formula is C18H14ClN3O2. The molecule has 0 saturated heterocycles. The zero-order chi connectivity index (χ0) is 17.1. The van der Waals surface area contributed by atoms with E-state index in [0.29, 0.717) is 23.6 Å². The van der Waals surface area contributed by atoms with Crippen LogP contribution in [0.2, 0.25) is 5.02 Å². The Morgan fingerprint density at radius 1 is 1.42 bits per heavy atom. The molecule has 0 aliphatic rings. The lowest BCUT2D eigenvalue weighted by Gasteiger charge is -2.08. The van der Waals surface area contributed by atoms with Crippen molar-refractivity contribution >= 4 is 34.3 Å². The van der Waals surface area contributed by atoms with Crippen molar-refractivity contribution in [2.24, 2.45) is 0 Å². The molecule has 1 heterocycles. The van der Waals surface area contributed by atoms with E-state index in [4.69, 9.17) is 16.3 Å². The number of nitrogens with one attached hydrogen (secondary N) is 1. The van der Waals surface area contributed by atoms with Gasteiger partial charge < -0.3 is 14.8 Å². The molecule has 3 rings (SSSR count). The van der Waals surface area contributed by atoms with Gasteiger partial charge in [0, 0.05) is 0 Å². The molecule has 1 aromatic heterocycles. The van der Waals surface area contributed by atoms with Gasteiger partial charge in [0.2, 0.25) is 0 Å². The van der Waals surface area contributed by atoms with Crippen molar-refractivity contribution in [1.82, 2.24) is 9.97 Å². The summed E-state index contributed by atoms with van der Waals surface area (Å²) in [6.45, 7) is 2.21. The predicted molar refractivity (Wildman–Crippen MR) is 93.9 cm³/mol. The molecule has 0 aliphatic heterocycles. The van der Waals surface area contributed by atoms with Crippen LogP contribution < -0.4 is 4.74 Å². The molecule has 0 radical (unpaired) electrons. The summed E-state index contributed by atoms with van der Waals surface area (Å²) in [5.41, 5.74) is 2.63. The van der Waals surface area contributed by atoms with E-state index < -0.39 is 0 Å². The van der Waals surface area contributed by atoms with Crippen LogP contribution in [0.15, 0.2) is 36.4 Å². The molecule has 2 aromatic carbocycles. The summed E-state index contributed by atoms with van der Waals surface area (Å²) in [4.78, 5) is 7.54. The second kappa shape index (κ2) is 6.65. The average Bonchev–Trinajstić information content (AvgIpc) is 3.01. The van der Waals surface area contributed by atoms with Crippen molar-refractivity contribution < 1.29 is 9.84 Å². The Balaban J connectivity index is 2.06. The van der Waals surface area contributed by atoms with Crippen LogP contribution in [0.1, 0.15) is 18.3 Å². The highest BCUT2D eigenvalue weighted by atomic mass is 35.5. The fraction of sp³-hybridized carbons (Fsp3) is 0.111. The Labute approximate surface area is 143 Å². The minimum absolute atomic E-state index is 0.113. The van der Waals surface area contributed by atoms with Crippen LogP contribution >= 0.6 is 11.6 Å². The Kier molecular flexibility index (Phi) is 4.41. The summed E-state index contributed by atoms with van der Waals surface area (Å²) >= 11 is 6.03.